The molecule has 0 bridgehead atoms. The molecular weight excluding hydrogens is 555 g/mol. The maximum Gasteiger partial charge on any atom is 0.333 e. The van der Waals surface area contributed by atoms with Crippen molar-refractivity contribution in [1.82, 2.24) is 29.0 Å². The van der Waals surface area contributed by atoms with Gasteiger partial charge in [0, 0.05) is 31.8 Å². The number of carbonyl (C=O) groups is 1. The number of halogens is 1. The number of rotatable bonds is 10. The minimum Gasteiger partial charge on any atom is -0.496 e. The van der Waals surface area contributed by atoms with Crippen molar-refractivity contribution in [3.8, 4) is 10.8 Å². The number of hydrogen-bond acceptors (Lipinski definition) is 9. The number of nitrogens with zero attached hydrogens (tertiary/aromatic N) is 6. The van der Waals surface area contributed by atoms with Gasteiger partial charge in [-0.15, -0.1) is 4.80 Å². The van der Waals surface area contributed by atoms with Crippen molar-refractivity contribution in [2.45, 2.75) is 38.5 Å². The van der Waals surface area contributed by atoms with Crippen molar-refractivity contribution in [3.63, 3.8) is 0 Å². The first-order valence-corrected chi connectivity index (χ1v) is 13.8. The zero-order chi connectivity index (χ0) is 29.5. The maximum atomic E-state index is 14.5. The largest absolute Gasteiger partial charge is 0.496 e. The average molecular weight is 587 g/mol. The highest BCUT2D eigenvalue weighted by atomic mass is 32.1. The third-order valence-electron chi connectivity index (χ3n) is 7.52. The third kappa shape index (κ3) is 4.85. The molecule has 41 heavy (non-hydrogen) atoms. The number of amides is 1. The molecule has 5 rings (SSSR count). The van der Waals surface area contributed by atoms with Crippen LogP contribution in [-0.4, -0.2) is 76.0 Å². The quantitative estimate of drug-likeness (QED) is 0.259. The van der Waals surface area contributed by atoms with Crippen molar-refractivity contribution >= 4 is 27.5 Å². The Morgan fingerprint density at radius 1 is 1.15 bits per heavy atom. The molecule has 1 aliphatic rings. The molecule has 4 heterocycles. The fourth-order valence-electron chi connectivity index (χ4n) is 5.29. The van der Waals surface area contributed by atoms with Gasteiger partial charge in [-0.05, 0) is 38.5 Å². The maximum absolute atomic E-state index is 14.5. The van der Waals surface area contributed by atoms with Crippen LogP contribution in [0.25, 0.3) is 15.2 Å². The number of likely N-dealkylation sites (tertiary alicyclic amines) is 1. The van der Waals surface area contributed by atoms with Gasteiger partial charge in [0.05, 0.1) is 44.6 Å². The normalized spacial score (nSPS) is 18.0. The molecule has 4 aromatic rings. The number of aromatic nitrogens is 5. The van der Waals surface area contributed by atoms with Crippen LogP contribution in [-0.2, 0) is 26.4 Å². The number of methoxy groups -OCH3 is 2. The lowest BCUT2D eigenvalue weighted by Gasteiger charge is -2.27. The second-order valence-corrected chi connectivity index (χ2v) is 11.0. The highest BCUT2D eigenvalue weighted by Crippen LogP contribution is 2.35. The topological polar surface area (TPSA) is 123 Å². The van der Waals surface area contributed by atoms with E-state index in [4.69, 9.17) is 14.2 Å². The van der Waals surface area contributed by atoms with Crippen LogP contribution in [0.1, 0.15) is 30.6 Å². The van der Waals surface area contributed by atoms with Gasteiger partial charge in [0.2, 0.25) is 5.91 Å². The average Bonchev–Trinajstić information content (AvgIpc) is 3.66. The van der Waals surface area contributed by atoms with Crippen molar-refractivity contribution < 1.29 is 23.4 Å². The summed E-state index contributed by atoms with van der Waals surface area (Å²) in [5.74, 6) is -0.464. The Balaban J connectivity index is 1.78. The summed E-state index contributed by atoms with van der Waals surface area (Å²) in [5.41, 5.74) is -1.69. The first-order valence-electron chi connectivity index (χ1n) is 13.0. The number of fused-ring (bicyclic) bond motifs is 1. The van der Waals surface area contributed by atoms with Gasteiger partial charge < -0.3 is 19.1 Å². The predicted molar refractivity (Wildman–Crippen MR) is 149 cm³/mol. The van der Waals surface area contributed by atoms with E-state index >= 15 is 0 Å². The van der Waals surface area contributed by atoms with Gasteiger partial charge in [0.15, 0.2) is 0 Å². The van der Waals surface area contributed by atoms with Gasteiger partial charge >= 0.3 is 5.69 Å². The molecule has 218 valence electrons. The van der Waals surface area contributed by atoms with Crippen molar-refractivity contribution in [1.29, 1.82) is 0 Å². The molecule has 12 nitrogen and oxygen atoms in total. The van der Waals surface area contributed by atoms with Crippen LogP contribution in [0.4, 0.5) is 4.39 Å². The number of likely N-dealkylation sites (N-methyl/N-ethyl adjacent to an activating group) is 1. The van der Waals surface area contributed by atoms with Gasteiger partial charge in [-0.25, -0.2) is 13.8 Å². The molecule has 1 amide bonds. The van der Waals surface area contributed by atoms with Crippen molar-refractivity contribution in [2.75, 3.05) is 41.0 Å². The van der Waals surface area contributed by atoms with Crippen LogP contribution in [0, 0.1) is 12.7 Å². The Labute approximate surface area is 238 Å². The van der Waals surface area contributed by atoms with Crippen molar-refractivity contribution in [2.24, 2.45) is 0 Å². The van der Waals surface area contributed by atoms with Crippen LogP contribution in [0.15, 0.2) is 40.2 Å². The fraction of sp³-hybridized carbons (Fsp3) is 0.444. The summed E-state index contributed by atoms with van der Waals surface area (Å²) in [5, 5.41) is 9.25. The molecular formula is C27H31FN6O6S. The molecule has 0 saturated carbocycles. The molecule has 1 aliphatic heterocycles. The summed E-state index contributed by atoms with van der Waals surface area (Å²) in [7, 11) is 4.63. The monoisotopic (exact) mass is 586 g/mol. The van der Waals surface area contributed by atoms with E-state index < -0.39 is 28.7 Å². The minimum absolute atomic E-state index is 0.106. The lowest BCUT2D eigenvalue weighted by molar-refractivity contribution is -0.133. The predicted octanol–water partition coefficient (Wildman–Crippen LogP) is 2.24. The van der Waals surface area contributed by atoms with E-state index in [1.807, 2.05) is 0 Å². The van der Waals surface area contributed by atoms with Crippen LogP contribution in [0.3, 0.4) is 0 Å². The number of benzene rings is 1. The first-order chi connectivity index (χ1) is 19.6. The van der Waals surface area contributed by atoms with E-state index in [1.54, 1.807) is 20.9 Å². The molecule has 0 N–H and O–H groups in total. The molecule has 0 aliphatic carbocycles. The van der Waals surface area contributed by atoms with E-state index in [2.05, 4.69) is 10.2 Å². The van der Waals surface area contributed by atoms with E-state index in [-0.39, 0.29) is 37.5 Å². The lowest BCUT2D eigenvalue weighted by Crippen LogP contribution is -2.53. The smallest absolute Gasteiger partial charge is 0.333 e. The zero-order valence-electron chi connectivity index (χ0n) is 23.4. The molecule has 14 heteroatoms. The van der Waals surface area contributed by atoms with Crippen LogP contribution in [0.2, 0.25) is 0 Å². The standard InChI is InChI=1S/C27H31FN6O6S/c1-16-21-22(35)33(27(2)8-11-31(3)25(27)36)26(37)32(24(21)41-23(16)34-29-9-10-30-34)15-20(40-13-12-38-4)18-14-17(28)6-7-19(18)39-5/h6-7,9-10,14,20H,8,11-13,15H2,1-5H3/t20-,27?/m0/s1. The third-order valence-corrected chi connectivity index (χ3v) is 8.80. The second-order valence-electron chi connectivity index (χ2n) is 10.1. The Kier molecular flexibility index (Phi) is 7.81. The summed E-state index contributed by atoms with van der Waals surface area (Å²) in [6, 6.07) is 4.06. The van der Waals surface area contributed by atoms with Gasteiger partial charge in [0.25, 0.3) is 5.56 Å². The summed E-state index contributed by atoms with van der Waals surface area (Å²) >= 11 is 1.17. The number of ether oxygens (including phenoxy) is 3. The van der Waals surface area contributed by atoms with E-state index in [0.717, 1.165) is 4.57 Å². The van der Waals surface area contributed by atoms with Crippen molar-refractivity contribution in [3.05, 3.63) is 68.4 Å². The summed E-state index contributed by atoms with van der Waals surface area (Å²) in [6.45, 7) is 4.05. The number of thiophene rings is 1. The van der Waals surface area contributed by atoms with Crippen LogP contribution in [0.5, 0.6) is 5.75 Å². The van der Waals surface area contributed by atoms with Gasteiger partial charge in [-0.1, -0.05) is 11.3 Å². The summed E-state index contributed by atoms with van der Waals surface area (Å²) in [6.07, 6.45) is 2.44. The fourth-order valence-corrected chi connectivity index (χ4v) is 6.51. The minimum atomic E-state index is -1.39. The Bertz CT molecular complexity index is 1710. The van der Waals surface area contributed by atoms with E-state index in [9.17, 15) is 18.8 Å². The zero-order valence-corrected chi connectivity index (χ0v) is 24.2. The van der Waals surface area contributed by atoms with Crippen LogP contribution >= 0.6 is 11.3 Å². The molecule has 1 fully saturated rings. The highest BCUT2D eigenvalue weighted by Gasteiger charge is 2.46. The van der Waals surface area contributed by atoms with Gasteiger partial charge in [0.1, 0.15) is 33.0 Å². The number of hydrogen-bond donors (Lipinski definition) is 0. The Morgan fingerprint density at radius 3 is 2.51 bits per heavy atom. The molecule has 1 unspecified atom stereocenters. The molecule has 0 spiro atoms. The van der Waals surface area contributed by atoms with Gasteiger partial charge in [-0.3, -0.25) is 14.2 Å². The summed E-state index contributed by atoms with van der Waals surface area (Å²) in [4.78, 5) is 44.9. The van der Waals surface area contributed by atoms with E-state index in [0.29, 0.717) is 33.3 Å². The number of carbonyl (C=O) groups excluding carboxylic acids is 1. The summed E-state index contributed by atoms with van der Waals surface area (Å²) < 4.78 is 33.7. The molecule has 1 aromatic carbocycles. The molecule has 1 saturated heterocycles. The molecule has 3 aromatic heterocycles. The first kappa shape index (κ1) is 28.6. The highest BCUT2D eigenvalue weighted by molar-refractivity contribution is 7.21. The van der Waals surface area contributed by atoms with Crippen LogP contribution < -0.4 is 16.0 Å². The SMILES string of the molecule is COCCO[C@@H](Cn1c(=O)n(C2(C)CCN(C)C2=O)c(=O)c2c(C)c(-n3nccn3)sc21)c1cc(F)ccc1OC. The van der Waals surface area contributed by atoms with E-state index in [1.165, 1.54) is 70.4 Å². The molecule has 0 radical (unpaired) electrons. The lowest BCUT2D eigenvalue weighted by atomic mass is 10.00. The Morgan fingerprint density at radius 2 is 1.88 bits per heavy atom. The Hall–Kier alpha value is -3.88. The number of aryl methyl sites for hydroxylation is 1. The second kappa shape index (κ2) is 11.2. The molecule has 2 atom stereocenters. The van der Waals surface area contributed by atoms with Gasteiger partial charge in [-0.2, -0.15) is 10.2 Å².